The number of aryl methyl sites for hydroxylation is 1. The van der Waals surface area contributed by atoms with Gasteiger partial charge in [-0.3, -0.25) is 0 Å². The quantitative estimate of drug-likeness (QED) is 0.581. The monoisotopic (exact) mass is 395 g/mol. The third-order valence-electron chi connectivity index (χ3n) is 3.44. The fourth-order valence-corrected chi connectivity index (χ4v) is 3.67. The van der Waals surface area contributed by atoms with Crippen LogP contribution in [0.15, 0.2) is 24.5 Å². The topological polar surface area (TPSA) is 64.1 Å². The number of rotatable bonds is 4. The van der Waals surface area contributed by atoms with Crippen LogP contribution in [0.25, 0.3) is 10.2 Å². The van der Waals surface area contributed by atoms with Crippen molar-refractivity contribution in [2.75, 3.05) is 5.32 Å². The van der Waals surface area contributed by atoms with Crippen LogP contribution in [0.3, 0.4) is 0 Å². The minimum absolute atomic E-state index is 0.183. The number of anilines is 2. The smallest absolute Gasteiger partial charge is 0.348 e. The molecule has 1 aromatic carbocycles. The molecule has 0 aliphatic heterocycles. The van der Waals surface area contributed by atoms with Crippen LogP contribution in [0, 0.1) is 6.92 Å². The summed E-state index contributed by atoms with van der Waals surface area (Å²) >= 11 is 13.3. The molecular formula is C17H15Cl2N3O2S. The second-order valence-electron chi connectivity index (χ2n) is 5.67. The molecule has 25 heavy (non-hydrogen) atoms. The van der Waals surface area contributed by atoms with Gasteiger partial charge in [-0.15, -0.1) is 11.3 Å². The Morgan fingerprint density at radius 1 is 1.24 bits per heavy atom. The zero-order valence-corrected chi connectivity index (χ0v) is 16.1. The molecular weight excluding hydrogens is 381 g/mol. The van der Waals surface area contributed by atoms with Crippen molar-refractivity contribution in [1.29, 1.82) is 0 Å². The summed E-state index contributed by atoms with van der Waals surface area (Å²) in [5.74, 6) is 0.247. The molecule has 0 fully saturated rings. The molecule has 0 bridgehead atoms. The lowest BCUT2D eigenvalue weighted by molar-refractivity contribution is 0.0383. The highest BCUT2D eigenvalue weighted by molar-refractivity contribution is 7.20. The predicted octanol–water partition coefficient (Wildman–Crippen LogP) is 5.62. The Morgan fingerprint density at radius 3 is 2.68 bits per heavy atom. The molecule has 0 spiro atoms. The summed E-state index contributed by atoms with van der Waals surface area (Å²) < 4.78 is 5.30. The van der Waals surface area contributed by atoms with Gasteiger partial charge in [0.1, 0.15) is 21.9 Å². The molecule has 0 unspecified atom stereocenters. The summed E-state index contributed by atoms with van der Waals surface area (Å²) in [6.07, 6.45) is 1.27. The van der Waals surface area contributed by atoms with Gasteiger partial charge < -0.3 is 10.1 Å². The molecule has 0 aliphatic rings. The van der Waals surface area contributed by atoms with Crippen LogP contribution in [0.2, 0.25) is 10.0 Å². The second kappa shape index (κ2) is 7.15. The summed E-state index contributed by atoms with van der Waals surface area (Å²) in [5, 5.41) is 4.92. The molecule has 2 aromatic heterocycles. The first-order valence-electron chi connectivity index (χ1n) is 7.54. The molecule has 1 N–H and O–H groups in total. The van der Waals surface area contributed by atoms with E-state index in [0.29, 0.717) is 25.6 Å². The van der Waals surface area contributed by atoms with Crippen molar-refractivity contribution in [3.8, 4) is 0 Å². The lowest BCUT2D eigenvalue weighted by Crippen LogP contribution is -2.11. The van der Waals surface area contributed by atoms with Crippen molar-refractivity contribution in [3.63, 3.8) is 0 Å². The van der Waals surface area contributed by atoms with E-state index in [2.05, 4.69) is 15.3 Å². The van der Waals surface area contributed by atoms with E-state index in [1.165, 1.54) is 17.7 Å². The largest absolute Gasteiger partial charge is 0.459 e. The zero-order chi connectivity index (χ0) is 18.1. The first kappa shape index (κ1) is 17.9. The summed E-state index contributed by atoms with van der Waals surface area (Å²) in [5.41, 5.74) is 1.53. The van der Waals surface area contributed by atoms with Gasteiger partial charge in [0, 0.05) is 5.69 Å². The predicted molar refractivity (Wildman–Crippen MR) is 102 cm³/mol. The Bertz CT molecular complexity index is 956. The maximum atomic E-state index is 12.3. The number of ether oxygens (including phenoxy) is 1. The molecule has 5 nitrogen and oxygen atoms in total. The number of nitrogens with zero attached hydrogens (tertiary/aromatic N) is 2. The molecule has 3 aromatic rings. The third kappa shape index (κ3) is 3.71. The number of hydrogen-bond donors (Lipinski definition) is 1. The van der Waals surface area contributed by atoms with Crippen LogP contribution in [0.1, 0.15) is 29.1 Å². The SMILES string of the molecule is Cc1c(C(=O)OC(C)C)sc2ncnc(Nc3ccc(Cl)c(Cl)c3)c12. The number of aromatic nitrogens is 2. The Balaban J connectivity index is 2.03. The highest BCUT2D eigenvalue weighted by atomic mass is 35.5. The number of carbonyl (C=O) groups excluding carboxylic acids is 1. The van der Waals surface area contributed by atoms with Crippen LogP contribution >= 0.6 is 34.5 Å². The third-order valence-corrected chi connectivity index (χ3v) is 5.36. The molecule has 0 atom stereocenters. The van der Waals surface area contributed by atoms with E-state index in [1.807, 2.05) is 20.8 Å². The van der Waals surface area contributed by atoms with E-state index in [9.17, 15) is 4.79 Å². The normalized spacial score (nSPS) is 11.1. The minimum atomic E-state index is -0.351. The Labute approximate surface area is 159 Å². The van der Waals surface area contributed by atoms with E-state index in [0.717, 1.165) is 16.6 Å². The number of hydrogen-bond acceptors (Lipinski definition) is 6. The van der Waals surface area contributed by atoms with E-state index in [-0.39, 0.29) is 12.1 Å². The summed E-state index contributed by atoms with van der Waals surface area (Å²) in [6.45, 7) is 5.49. The van der Waals surface area contributed by atoms with Gasteiger partial charge in [-0.2, -0.15) is 0 Å². The van der Waals surface area contributed by atoms with E-state index in [4.69, 9.17) is 27.9 Å². The van der Waals surface area contributed by atoms with Gasteiger partial charge in [0.2, 0.25) is 0 Å². The number of halogens is 2. The number of benzene rings is 1. The maximum Gasteiger partial charge on any atom is 0.348 e. The highest BCUT2D eigenvalue weighted by Gasteiger charge is 2.21. The number of thiophene rings is 1. The lowest BCUT2D eigenvalue weighted by atomic mass is 10.2. The van der Waals surface area contributed by atoms with E-state index >= 15 is 0 Å². The van der Waals surface area contributed by atoms with Gasteiger partial charge in [0.05, 0.1) is 21.5 Å². The van der Waals surface area contributed by atoms with Gasteiger partial charge >= 0.3 is 5.97 Å². The van der Waals surface area contributed by atoms with E-state index in [1.54, 1.807) is 18.2 Å². The summed E-state index contributed by atoms with van der Waals surface area (Å²) in [7, 11) is 0. The first-order valence-corrected chi connectivity index (χ1v) is 9.11. The van der Waals surface area contributed by atoms with Crippen molar-refractivity contribution in [1.82, 2.24) is 9.97 Å². The second-order valence-corrected chi connectivity index (χ2v) is 7.48. The molecule has 0 aliphatic carbocycles. The zero-order valence-electron chi connectivity index (χ0n) is 13.8. The molecule has 0 radical (unpaired) electrons. The van der Waals surface area contributed by atoms with Crippen LogP contribution < -0.4 is 5.32 Å². The molecule has 2 heterocycles. The molecule has 8 heteroatoms. The fraction of sp³-hybridized carbons (Fsp3) is 0.235. The maximum absolute atomic E-state index is 12.3. The van der Waals surface area contributed by atoms with Gasteiger partial charge in [-0.05, 0) is 44.5 Å². The average molecular weight is 396 g/mol. The van der Waals surface area contributed by atoms with Gasteiger partial charge in [-0.1, -0.05) is 23.2 Å². The molecule has 0 amide bonds. The molecule has 0 saturated heterocycles. The number of esters is 1. The van der Waals surface area contributed by atoms with Crippen molar-refractivity contribution in [3.05, 3.63) is 45.0 Å². The highest BCUT2D eigenvalue weighted by Crippen LogP contribution is 2.35. The summed E-state index contributed by atoms with van der Waals surface area (Å²) in [4.78, 5) is 22.1. The Morgan fingerprint density at radius 2 is 2.00 bits per heavy atom. The van der Waals surface area contributed by atoms with Crippen molar-refractivity contribution >= 4 is 62.2 Å². The lowest BCUT2D eigenvalue weighted by Gasteiger charge is -2.09. The number of nitrogens with one attached hydrogen (secondary N) is 1. The number of fused-ring (bicyclic) bond motifs is 1. The standard InChI is InChI=1S/C17H15Cl2N3O2S/c1-8(2)24-17(23)14-9(3)13-15(20-7-21-16(13)25-14)22-10-4-5-11(18)12(19)6-10/h4-8H,1-3H3,(H,20,21,22). The van der Waals surface area contributed by atoms with Gasteiger partial charge in [0.25, 0.3) is 0 Å². The molecule has 3 rings (SSSR count). The number of carbonyl (C=O) groups is 1. The fourth-order valence-electron chi connectivity index (χ4n) is 2.34. The Kier molecular flexibility index (Phi) is 5.13. The van der Waals surface area contributed by atoms with Gasteiger partial charge in [0.15, 0.2) is 0 Å². The van der Waals surface area contributed by atoms with Crippen LogP contribution in [-0.4, -0.2) is 22.0 Å². The summed E-state index contributed by atoms with van der Waals surface area (Å²) in [6, 6.07) is 5.22. The van der Waals surface area contributed by atoms with Crippen LogP contribution in [0.5, 0.6) is 0 Å². The minimum Gasteiger partial charge on any atom is -0.459 e. The van der Waals surface area contributed by atoms with Crippen LogP contribution in [0.4, 0.5) is 11.5 Å². The molecule has 130 valence electrons. The molecule has 0 saturated carbocycles. The van der Waals surface area contributed by atoms with Gasteiger partial charge in [-0.25, -0.2) is 14.8 Å². The van der Waals surface area contributed by atoms with Crippen molar-refractivity contribution in [2.45, 2.75) is 26.9 Å². The Hall–Kier alpha value is -1.89. The van der Waals surface area contributed by atoms with Crippen molar-refractivity contribution in [2.24, 2.45) is 0 Å². The average Bonchev–Trinajstić information content (AvgIpc) is 2.88. The van der Waals surface area contributed by atoms with Crippen LogP contribution in [-0.2, 0) is 4.74 Å². The first-order chi connectivity index (χ1) is 11.9. The van der Waals surface area contributed by atoms with Crippen molar-refractivity contribution < 1.29 is 9.53 Å². The van der Waals surface area contributed by atoms with E-state index < -0.39 is 0 Å².